The van der Waals surface area contributed by atoms with Gasteiger partial charge in [-0.3, -0.25) is 9.59 Å². The molecule has 1 aromatic rings. The molecule has 0 radical (unpaired) electrons. The number of fused-ring (bicyclic) bond motifs is 1. The lowest BCUT2D eigenvalue weighted by Crippen LogP contribution is -2.40. The number of rotatable bonds is 3. The summed E-state index contributed by atoms with van der Waals surface area (Å²) in [7, 11) is 0. The second kappa shape index (κ2) is 5.60. The van der Waals surface area contributed by atoms with E-state index in [4.69, 9.17) is 9.47 Å². The Bertz CT molecular complexity index is 501. The minimum atomic E-state index is -0.695. The van der Waals surface area contributed by atoms with Gasteiger partial charge in [-0.25, -0.2) is 0 Å². The van der Waals surface area contributed by atoms with Gasteiger partial charge in [-0.05, 0) is 25.5 Å². The summed E-state index contributed by atoms with van der Waals surface area (Å²) in [6, 6.07) is 4.93. The van der Waals surface area contributed by atoms with Gasteiger partial charge in [0.1, 0.15) is 0 Å². The number of hydrogen-bond acceptors (Lipinski definition) is 4. The van der Waals surface area contributed by atoms with Crippen LogP contribution in [0.4, 0.5) is 5.69 Å². The van der Waals surface area contributed by atoms with E-state index in [1.165, 1.54) is 0 Å². The third-order valence-electron chi connectivity index (χ3n) is 2.83. The maximum Gasteiger partial charge on any atom is 0.313 e. The molecule has 0 unspecified atom stereocenters. The lowest BCUT2D eigenvalue weighted by atomic mass is 10.2. The van der Waals surface area contributed by atoms with Crippen molar-refractivity contribution >= 4 is 17.5 Å². The van der Waals surface area contributed by atoms with Crippen LogP contribution in [0.5, 0.6) is 11.5 Å². The van der Waals surface area contributed by atoms with Crippen molar-refractivity contribution in [2.24, 2.45) is 0 Å². The molecule has 0 saturated carbocycles. The molecule has 1 aromatic carbocycles. The van der Waals surface area contributed by atoms with E-state index in [2.05, 4.69) is 10.6 Å². The number of benzene rings is 1. The zero-order valence-corrected chi connectivity index (χ0v) is 10.9. The lowest BCUT2D eigenvalue weighted by Gasteiger charge is -2.11. The fourth-order valence-electron chi connectivity index (χ4n) is 1.55. The Hall–Kier alpha value is -2.24. The topological polar surface area (TPSA) is 76.7 Å². The molecule has 0 aliphatic carbocycles. The number of nitrogens with one attached hydrogen (secondary N) is 2. The van der Waals surface area contributed by atoms with Crippen LogP contribution in [-0.4, -0.2) is 24.6 Å². The second-order valence-electron chi connectivity index (χ2n) is 4.30. The van der Waals surface area contributed by atoms with Gasteiger partial charge in [-0.15, -0.1) is 0 Å². The zero-order valence-electron chi connectivity index (χ0n) is 10.9. The first-order valence-corrected chi connectivity index (χ1v) is 6.11. The van der Waals surface area contributed by atoms with Crippen LogP contribution in [0.15, 0.2) is 18.2 Å². The molecule has 19 heavy (non-hydrogen) atoms. The van der Waals surface area contributed by atoms with E-state index in [1.54, 1.807) is 18.2 Å². The number of anilines is 1. The minimum absolute atomic E-state index is 0.0324. The monoisotopic (exact) mass is 264 g/mol. The van der Waals surface area contributed by atoms with Crippen molar-refractivity contribution in [1.29, 1.82) is 0 Å². The Labute approximate surface area is 111 Å². The largest absolute Gasteiger partial charge is 0.454 e. The van der Waals surface area contributed by atoms with Gasteiger partial charge >= 0.3 is 11.8 Å². The average molecular weight is 264 g/mol. The van der Waals surface area contributed by atoms with Crippen molar-refractivity contribution in [3.63, 3.8) is 0 Å². The maximum absolute atomic E-state index is 11.7. The van der Waals surface area contributed by atoms with Gasteiger partial charge in [0.05, 0.1) is 0 Å². The van der Waals surface area contributed by atoms with Gasteiger partial charge < -0.3 is 20.1 Å². The van der Waals surface area contributed by atoms with Crippen LogP contribution in [0.3, 0.4) is 0 Å². The highest BCUT2D eigenvalue weighted by Crippen LogP contribution is 2.34. The molecule has 102 valence electrons. The highest BCUT2D eigenvalue weighted by molar-refractivity contribution is 6.39. The summed E-state index contributed by atoms with van der Waals surface area (Å²) in [5, 5.41) is 5.11. The molecule has 0 fully saturated rings. The summed E-state index contributed by atoms with van der Waals surface area (Å²) < 4.78 is 10.3. The van der Waals surface area contributed by atoms with Crippen molar-refractivity contribution in [2.45, 2.75) is 26.3 Å². The average Bonchev–Trinajstić information content (AvgIpc) is 2.85. The quantitative estimate of drug-likeness (QED) is 0.806. The summed E-state index contributed by atoms with van der Waals surface area (Å²) in [6.45, 7) is 3.94. The van der Waals surface area contributed by atoms with Crippen LogP contribution >= 0.6 is 0 Å². The highest BCUT2D eigenvalue weighted by Gasteiger charge is 2.18. The number of amides is 2. The highest BCUT2D eigenvalue weighted by atomic mass is 16.7. The van der Waals surface area contributed by atoms with Crippen molar-refractivity contribution in [2.75, 3.05) is 12.1 Å². The maximum atomic E-state index is 11.7. The third kappa shape index (κ3) is 3.15. The molecule has 6 nitrogen and oxygen atoms in total. The standard InChI is InChI=1S/C13H16N2O4/c1-3-8(2)14-12(16)13(17)15-9-4-5-10-11(6-9)19-7-18-10/h4-6,8H,3,7H2,1-2H3,(H,14,16)(H,15,17)/t8-/m1/s1. The first-order valence-electron chi connectivity index (χ1n) is 6.11. The van der Waals surface area contributed by atoms with Crippen LogP contribution in [0, 0.1) is 0 Å². The van der Waals surface area contributed by atoms with Crippen LogP contribution in [0.1, 0.15) is 20.3 Å². The fourth-order valence-corrected chi connectivity index (χ4v) is 1.55. The van der Waals surface area contributed by atoms with Crippen molar-refractivity contribution in [1.82, 2.24) is 5.32 Å². The molecule has 0 saturated heterocycles. The van der Waals surface area contributed by atoms with E-state index in [0.717, 1.165) is 6.42 Å². The smallest absolute Gasteiger partial charge is 0.313 e. The summed E-state index contributed by atoms with van der Waals surface area (Å²) in [6.07, 6.45) is 0.767. The van der Waals surface area contributed by atoms with E-state index in [9.17, 15) is 9.59 Å². The van der Waals surface area contributed by atoms with Gasteiger partial charge in [0, 0.05) is 17.8 Å². The molecule has 6 heteroatoms. The first kappa shape index (κ1) is 13.2. The molecular formula is C13H16N2O4. The molecule has 2 rings (SSSR count). The molecule has 2 N–H and O–H groups in total. The Balaban J connectivity index is 1.97. The number of hydrogen-bond donors (Lipinski definition) is 2. The van der Waals surface area contributed by atoms with Gasteiger partial charge in [-0.1, -0.05) is 6.92 Å². The molecular weight excluding hydrogens is 248 g/mol. The van der Waals surface area contributed by atoms with E-state index in [-0.39, 0.29) is 12.8 Å². The number of carbonyl (C=O) groups excluding carboxylic acids is 2. The van der Waals surface area contributed by atoms with Gasteiger partial charge in [0.25, 0.3) is 0 Å². The van der Waals surface area contributed by atoms with Crippen molar-refractivity contribution < 1.29 is 19.1 Å². The normalized spacial score (nSPS) is 13.8. The van der Waals surface area contributed by atoms with E-state index in [0.29, 0.717) is 17.2 Å². The van der Waals surface area contributed by atoms with Crippen LogP contribution < -0.4 is 20.1 Å². The summed E-state index contributed by atoms with van der Waals surface area (Å²) in [5.74, 6) is -0.159. The first-order chi connectivity index (χ1) is 9.10. The van der Waals surface area contributed by atoms with Crippen LogP contribution in [0.25, 0.3) is 0 Å². The van der Waals surface area contributed by atoms with Gasteiger partial charge in [-0.2, -0.15) is 0 Å². The molecule has 1 aliphatic heterocycles. The van der Waals surface area contributed by atoms with Gasteiger partial charge in [0.2, 0.25) is 6.79 Å². The SMILES string of the molecule is CC[C@@H](C)NC(=O)C(=O)Nc1ccc2c(c1)OCO2. The van der Waals surface area contributed by atoms with Crippen molar-refractivity contribution in [3.05, 3.63) is 18.2 Å². The summed E-state index contributed by atoms with van der Waals surface area (Å²) in [4.78, 5) is 23.2. The second-order valence-corrected chi connectivity index (χ2v) is 4.30. The third-order valence-corrected chi connectivity index (χ3v) is 2.83. The van der Waals surface area contributed by atoms with E-state index in [1.807, 2.05) is 13.8 Å². The molecule has 1 heterocycles. The fraction of sp³-hybridized carbons (Fsp3) is 0.385. The number of ether oxygens (including phenoxy) is 2. The summed E-state index contributed by atoms with van der Waals surface area (Å²) >= 11 is 0. The molecule has 0 spiro atoms. The molecule has 0 bridgehead atoms. The Kier molecular flexibility index (Phi) is 3.89. The molecule has 2 amide bonds. The number of carbonyl (C=O) groups is 2. The van der Waals surface area contributed by atoms with Gasteiger partial charge in [0.15, 0.2) is 11.5 Å². The zero-order chi connectivity index (χ0) is 13.8. The lowest BCUT2D eigenvalue weighted by molar-refractivity contribution is -0.136. The van der Waals surface area contributed by atoms with Crippen molar-refractivity contribution in [3.8, 4) is 11.5 Å². The predicted octanol–water partition coefficient (Wildman–Crippen LogP) is 1.27. The molecule has 1 atom stereocenters. The molecule has 1 aliphatic rings. The Morgan fingerprint density at radius 1 is 1.26 bits per heavy atom. The predicted molar refractivity (Wildman–Crippen MR) is 69.1 cm³/mol. The molecule has 0 aromatic heterocycles. The summed E-state index contributed by atoms with van der Waals surface area (Å²) in [5.41, 5.74) is 0.494. The Morgan fingerprint density at radius 2 is 2.00 bits per heavy atom. The van der Waals surface area contributed by atoms with Crippen LogP contribution in [0.2, 0.25) is 0 Å². The van der Waals surface area contributed by atoms with E-state index < -0.39 is 11.8 Å². The Morgan fingerprint density at radius 3 is 2.74 bits per heavy atom. The van der Waals surface area contributed by atoms with Crippen LogP contribution in [-0.2, 0) is 9.59 Å². The van der Waals surface area contributed by atoms with E-state index >= 15 is 0 Å². The minimum Gasteiger partial charge on any atom is -0.454 e.